The van der Waals surface area contributed by atoms with Gasteiger partial charge in [0.15, 0.2) is 0 Å². The first-order valence-electron chi connectivity index (χ1n) is 10.2. The number of hydrogen-bond donors (Lipinski definition) is 0. The summed E-state index contributed by atoms with van der Waals surface area (Å²) in [6.07, 6.45) is 9.73. The molecule has 4 nitrogen and oxygen atoms in total. The maximum absolute atomic E-state index is 13.2. The van der Waals surface area contributed by atoms with Crippen LogP contribution in [0.3, 0.4) is 0 Å². The Labute approximate surface area is 166 Å². The van der Waals surface area contributed by atoms with E-state index in [0.717, 1.165) is 36.1 Å². The van der Waals surface area contributed by atoms with E-state index in [1.54, 1.807) is 6.20 Å². The molecule has 1 fully saturated rings. The average molecular weight is 374 g/mol. The van der Waals surface area contributed by atoms with E-state index in [-0.39, 0.29) is 5.91 Å². The second-order valence-electron chi connectivity index (χ2n) is 7.65. The van der Waals surface area contributed by atoms with Gasteiger partial charge in [-0.25, -0.2) is 0 Å². The Morgan fingerprint density at radius 2 is 1.79 bits per heavy atom. The molecule has 1 aliphatic rings. The molecule has 1 aromatic heterocycles. The second kappa shape index (κ2) is 8.42. The second-order valence-corrected chi connectivity index (χ2v) is 7.65. The fourth-order valence-corrected chi connectivity index (χ4v) is 4.12. The predicted octanol–water partition coefficient (Wildman–Crippen LogP) is 5.00. The number of carbonyl (C=O) groups is 1. The van der Waals surface area contributed by atoms with Crippen molar-refractivity contribution in [3.8, 4) is 11.1 Å². The van der Waals surface area contributed by atoms with E-state index in [0.29, 0.717) is 6.04 Å². The molecular formula is C24H27N3O. The van der Waals surface area contributed by atoms with Crippen LogP contribution in [0.15, 0.2) is 67.0 Å². The molecule has 0 atom stereocenters. The molecule has 0 N–H and O–H groups in total. The Morgan fingerprint density at radius 1 is 1.04 bits per heavy atom. The third-order valence-electron chi connectivity index (χ3n) is 5.77. The smallest absolute Gasteiger partial charge is 0.254 e. The molecule has 2 aromatic carbocycles. The van der Waals surface area contributed by atoms with Gasteiger partial charge in [0.25, 0.3) is 5.91 Å². The highest BCUT2D eigenvalue weighted by atomic mass is 16.2. The summed E-state index contributed by atoms with van der Waals surface area (Å²) in [6, 6.07) is 18.7. The van der Waals surface area contributed by atoms with Crippen LogP contribution in [0.4, 0.5) is 0 Å². The van der Waals surface area contributed by atoms with E-state index in [1.165, 1.54) is 24.8 Å². The van der Waals surface area contributed by atoms with E-state index in [1.807, 2.05) is 53.2 Å². The van der Waals surface area contributed by atoms with E-state index >= 15 is 0 Å². The molecule has 1 saturated carbocycles. The fourth-order valence-electron chi connectivity index (χ4n) is 4.12. The van der Waals surface area contributed by atoms with Crippen molar-refractivity contribution in [3.05, 3.63) is 78.1 Å². The molecule has 4 heteroatoms. The highest BCUT2D eigenvalue weighted by Gasteiger charge is 2.24. The number of aromatic nitrogens is 2. The number of amides is 1. The summed E-state index contributed by atoms with van der Waals surface area (Å²) in [6.45, 7) is 0.748. The van der Waals surface area contributed by atoms with Crippen LogP contribution in [0.1, 0.15) is 48.0 Å². The van der Waals surface area contributed by atoms with Crippen LogP contribution in [0, 0.1) is 0 Å². The molecule has 0 radical (unpaired) electrons. The van der Waals surface area contributed by atoms with Crippen molar-refractivity contribution in [2.75, 3.05) is 7.05 Å². The minimum atomic E-state index is 0.128. The summed E-state index contributed by atoms with van der Waals surface area (Å²) in [4.78, 5) is 15.2. The van der Waals surface area contributed by atoms with Crippen molar-refractivity contribution < 1.29 is 4.79 Å². The topological polar surface area (TPSA) is 38.1 Å². The van der Waals surface area contributed by atoms with Crippen molar-refractivity contribution in [2.24, 2.45) is 0 Å². The minimum Gasteiger partial charge on any atom is -0.339 e. The molecule has 144 valence electrons. The monoisotopic (exact) mass is 373 g/mol. The van der Waals surface area contributed by atoms with Crippen LogP contribution in [-0.2, 0) is 6.54 Å². The van der Waals surface area contributed by atoms with Gasteiger partial charge in [0.2, 0.25) is 0 Å². The summed E-state index contributed by atoms with van der Waals surface area (Å²) in [5.41, 5.74) is 4.05. The Hall–Kier alpha value is -2.88. The largest absolute Gasteiger partial charge is 0.339 e. The van der Waals surface area contributed by atoms with Gasteiger partial charge >= 0.3 is 0 Å². The van der Waals surface area contributed by atoms with Gasteiger partial charge in [0, 0.05) is 31.0 Å². The van der Waals surface area contributed by atoms with E-state index in [9.17, 15) is 4.79 Å². The van der Waals surface area contributed by atoms with Gasteiger partial charge in [-0.3, -0.25) is 9.48 Å². The Morgan fingerprint density at radius 3 is 2.50 bits per heavy atom. The van der Waals surface area contributed by atoms with Gasteiger partial charge in [-0.15, -0.1) is 0 Å². The maximum atomic E-state index is 13.2. The van der Waals surface area contributed by atoms with Crippen LogP contribution in [0.2, 0.25) is 0 Å². The SMILES string of the molecule is CN(C(=O)c1ccccc1-c1ccc(Cn2cccn2)cc1)C1CCCCC1. The molecule has 1 amide bonds. The summed E-state index contributed by atoms with van der Waals surface area (Å²) >= 11 is 0. The molecule has 1 aliphatic carbocycles. The molecule has 4 rings (SSSR count). The Balaban J connectivity index is 1.56. The minimum absolute atomic E-state index is 0.128. The quantitative estimate of drug-likeness (QED) is 0.631. The van der Waals surface area contributed by atoms with Crippen LogP contribution in [0.25, 0.3) is 11.1 Å². The van der Waals surface area contributed by atoms with Crippen LogP contribution in [0.5, 0.6) is 0 Å². The van der Waals surface area contributed by atoms with Crippen LogP contribution in [-0.4, -0.2) is 33.7 Å². The number of carbonyl (C=O) groups excluding carboxylic acids is 1. The number of hydrogen-bond acceptors (Lipinski definition) is 2. The fraction of sp³-hybridized carbons (Fsp3) is 0.333. The van der Waals surface area contributed by atoms with Crippen molar-refractivity contribution in [3.63, 3.8) is 0 Å². The highest BCUT2D eigenvalue weighted by Crippen LogP contribution is 2.28. The molecule has 28 heavy (non-hydrogen) atoms. The van der Waals surface area contributed by atoms with Crippen LogP contribution < -0.4 is 0 Å². The number of rotatable bonds is 5. The van der Waals surface area contributed by atoms with Crippen molar-refractivity contribution in [2.45, 2.75) is 44.7 Å². The van der Waals surface area contributed by atoms with Gasteiger partial charge in [-0.05, 0) is 41.7 Å². The molecule has 0 spiro atoms. The number of nitrogens with zero attached hydrogens (tertiary/aromatic N) is 3. The van der Waals surface area contributed by atoms with E-state index in [2.05, 4.69) is 29.4 Å². The van der Waals surface area contributed by atoms with Crippen molar-refractivity contribution in [1.29, 1.82) is 0 Å². The van der Waals surface area contributed by atoms with Gasteiger partial charge in [-0.2, -0.15) is 5.10 Å². The lowest BCUT2D eigenvalue weighted by molar-refractivity contribution is 0.0697. The summed E-state index contributed by atoms with van der Waals surface area (Å²) in [5, 5.41) is 4.26. The molecular weight excluding hydrogens is 346 g/mol. The lowest BCUT2D eigenvalue weighted by atomic mass is 9.93. The lowest BCUT2D eigenvalue weighted by Gasteiger charge is -2.31. The first-order chi connectivity index (χ1) is 13.7. The summed E-state index contributed by atoms with van der Waals surface area (Å²) in [5.74, 6) is 0.128. The standard InChI is InChI=1S/C24H27N3O/c1-26(21-8-3-2-4-9-21)24(28)23-11-6-5-10-22(23)20-14-12-19(13-15-20)18-27-17-7-16-25-27/h5-7,10-17,21H,2-4,8-9,18H2,1H3. The Kier molecular flexibility index (Phi) is 5.56. The van der Waals surface area contributed by atoms with Crippen LogP contribution >= 0.6 is 0 Å². The summed E-state index contributed by atoms with van der Waals surface area (Å²) < 4.78 is 1.91. The predicted molar refractivity (Wildman–Crippen MR) is 112 cm³/mol. The Bertz CT molecular complexity index is 909. The third-order valence-corrected chi connectivity index (χ3v) is 5.77. The maximum Gasteiger partial charge on any atom is 0.254 e. The molecule has 0 unspecified atom stereocenters. The first kappa shape index (κ1) is 18.5. The van der Waals surface area contributed by atoms with Gasteiger partial charge in [0.1, 0.15) is 0 Å². The van der Waals surface area contributed by atoms with Crippen molar-refractivity contribution >= 4 is 5.91 Å². The molecule has 3 aromatic rings. The molecule has 1 heterocycles. The average Bonchev–Trinajstić information content (AvgIpc) is 3.27. The zero-order valence-corrected chi connectivity index (χ0v) is 16.4. The lowest BCUT2D eigenvalue weighted by Crippen LogP contribution is -2.38. The van der Waals surface area contributed by atoms with Gasteiger partial charge in [-0.1, -0.05) is 61.7 Å². The first-order valence-corrected chi connectivity index (χ1v) is 10.2. The summed E-state index contributed by atoms with van der Waals surface area (Å²) in [7, 11) is 1.96. The molecule has 0 saturated heterocycles. The molecule has 0 aliphatic heterocycles. The zero-order valence-electron chi connectivity index (χ0n) is 16.4. The normalized spacial score (nSPS) is 14.8. The number of benzene rings is 2. The van der Waals surface area contributed by atoms with Gasteiger partial charge in [0.05, 0.1) is 6.54 Å². The van der Waals surface area contributed by atoms with Crippen molar-refractivity contribution in [1.82, 2.24) is 14.7 Å². The van der Waals surface area contributed by atoms with E-state index < -0.39 is 0 Å². The zero-order chi connectivity index (χ0) is 19.3. The molecule has 0 bridgehead atoms. The van der Waals surface area contributed by atoms with E-state index in [4.69, 9.17) is 0 Å². The van der Waals surface area contributed by atoms with Gasteiger partial charge < -0.3 is 4.90 Å². The third kappa shape index (κ3) is 4.01. The highest BCUT2D eigenvalue weighted by molar-refractivity contribution is 6.00.